The number of phosphoric acid groups is 2. The Morgan fingerprint density at radius 2 is 1.57 bits per heavy atom. The number of primary amides is 2. The Morgan fingerprint density at radius 1 is 0.976 bits per heavy atom. The molecule has 232 valence electrons. The molecule has 2 aliphatic rings. The van der Waals surface area contributed by atoms with E-state index in [-0.39, 0.29) is 11.3 Å². The lowest BCUT2D eigenvalue weighted by molar-refractivity contribution is -0.765. The van der Waals surface area contributed by atoms with Gasteiger partial charge in [0.2, 0.25) is 0 Å². The zero-order valence-electron chi connectivity index (χ0n) is 21.1. The Kier molecular flexibility index (Phi) is 9.79. The van der Waals surface area contributed by atoms with Crippen LogP contribution in [0.1, 0.15) is 33.3 Å². The number of carbonyl (C=O) groups is 2. The standard InChI is InChI=1S/C19H26N6O15P2/c20-16(30)8-2-1-3-24(4-8)18-14(28)12(26)10(38-18)6-36-41(32,33)40-42(34,35)37-7-11-13(27)15(29)19(39-11)25-5-9(17(21)31)22-23-25/h1-5,10-15,18-19,26-29H,6-7H2,(H5-,20,21,30,31,32,33,34,35)/p+1/t10-,11+,12-,13+,14-,15+,18-,19+/m1/s1. The maximum Gasteiger partial charge on any atom is 0.434 e. The van der Waals surface area contributed by atoms with Crippen LogP contribution in [-0.2, 0) is 22.8 Å². The second-order valence-electron chi connectivity index (χ2n) is 9.05. The van der Waals surface area contributed by atoms with Crippen molar-refractivity contribution < 1.29 is 77.0 Å². The van der Waals surface area contributed by atoms with Crippen molar-refractivity contribution in [1.29, 1.82) is 0 Å². The van der Waals surface area contributed by atoms with Gasteiger partial charge in [-0.1, -0.05) is 5.21 Å². The summed E-state index contributed by atoms with van der Waals surface area (Å²) in [6.07, 6.45) is -8.58. The van der Waals surface area contributed by atoms with E-state index in [0.717, 1.165) is 10.9 Å². The van der Waals surface area contributed by atoms with Gasteiger partial charge in [-0.25, -0.2) is 4.68 Å². The van der Waals surface area contributed by atoms with E-state index in [1.807, 2.05) is 0 Å². The number of pyridine rings is 1. The largest absolute Gasteiger partial charge is 0.603 e. The Bertz CT molecular complexity index is 1290. The van der Waals surface area contributed by atoms with Gasteiger partial charge in [-0.15, -0.1) is 5.10 Å². The number of aliphatic hydroxyl groups excluding tert-OH is 4. The number of ether oxygens (including phenoxy) is 2. The fraction of sp³-hybridized carbons (Fsp3) is 0.526. The van der Waals surface area contributed by atoms with E-state index in [2.05, 4.69) is 23.7 Å². The first-order valence-corrected chi connectivity index (χ1v) is 14.8. The molecule has 0 bridgehead atoms. The van der Waals surface area contributed by atoms with Gasteiger partial charge in [0.25, 0.3) is 18.0 Å². The highest BCUT2D eigenvalue weighted by atomic mass is 31.3. The van der Waals surface area contributed by atoms with Gasteiger partial charge in [0, 0.05) is 10.4 Å². The maximum atomic E-state index is 12.3. The minimum atomic E-state index is -5.38. The average molecular weight is 641 g/mol. The molecule has 0 radical (unpaired) electrons. The molecule has 2 unspecified atom stereocenters. The monoisotopic (exact) mass is 641 g/mol. The molecule has 2 saturated heterocycles. The Hall–Kier alpha value is -2.43. The van der Waals surface area contributed by atoms with Crippen molar-refractivity contribution in [3.05, 3.63) is 42.0 Å². The van der Waals surface area contributed by atoms with E-state index in [4.69, 9.17) is 20.9 Å². The van der Waals surface area contributed by atoms with Crippen LogP contribution in [0.2, 0.25) is 0 Å². The molecule has 0 aromatic carbocycles. The molecule has 4 rings (SSSR count). The van der Waals surface area contributed by atoms with Gasteiger partial charge in [0.1, 0.15) is 49.3 Å². The molecule has 2 fully saturated rings. The topological polar surface area (TPSA) is 334 Å². The van der Waals surface area contributed by atoms with Crippen molar-refractivity contribution in [2.45, 2.75) is 49.1 Å². The number of nitrogens with zero attached hydrogens (tertiary/aromatic N) is 4. The van der Waals surface area contributed by atoms with Crippen LogP contribution >= 0.6 is 16.3 Å². The number of nitrogens with two attached hydrogens (primary N) is 2. The summed E-state index contributed by atoms with van der Waals surface area (Å²) in [5.41, 5.74) is 10.1. The third-order valence-electron chi connectivity index (χ3n) is 6.11. The molecule has 10 N–H and O–H groups in total. The normalized spacial score (nSPS) is 32.4. The number of aliphatic hydroxyl groups is 4. The summed E-state index contributed by atoms with van der Waals surface area (Å²) in [7, 11) is -10.8. The van der Waals surface area contributed by atoms with E-state index >= 15 is 0 Å². The fourth-order valence-electron chi connectivity index (χ4n) is 4.02. The molecule has 0 aliphatic carbocycles. The molecule has 2 aromatic heterocycles. The summed E-state index contributed by atoms with van der Waals surface area (Å²) in [5, 5.41) is 48.0. The number of amides is 2. The van der Waals surface area contributed by atoms with Crippen molar-refractivity contribution in [1.82, 2.24) is 15.0 Å². The number of phosphoric ester groups is 2. The molecule has 23 heteroatoms. The fourth-order valence-corrected chi connectivity index (χ4v) is 6.11. The molecule has 4 heterocycles. The molecule has 10 atom stereocenters. The van der Waals surface area contributed by atoms with Gasteiger partial charge in [-0.3, -0.25) is 9.59 Å². The van der Waals surface area contributed by atoms with Gasteiger partial charge >= 0.3 is 16.3 Å². The zero-order chi connectivity index (χ0) is 31.0. The van der Waals surface area contributed by atoms with Crippen molar-refractivity contribution >= 4 is 28.2 Å². The summed E-state index contributed by atoms with van der Waals surface area (Å²) in [6, 6.07) is 2.82. The zero-order valence-corrected chi connectivity index (χ0v) is 22.9. The van der Waals surface area contributed by atoms with Gasteiger partial charge < -0.3 is 51.2 Å². The highest BCUT2D eigenvalue weighted by Crippen LogP contribution is 2.65. The van der Waals surface area contributed by atoms with Crippen LogP contribution in [0.3, 0.4) is 0 Å². The lowest BCUT2D eigenvalue weighted by Crippen LogP contribution is -2.46. The third kappa shape index (κ3) is 7.37. The quantitative estimate of drug-likeness (QED) is 0.0789. The minimum Gasteiger partial charge on any atom is -0.603 e. The van der Waals surface area contributed by atoms with Gasteiger partial charge in [-0.2, -0.15) is 23.4 Å². The van der Waals surface area contributed by atoms with E-state index in [9.17, 15) is 49.6 Å². The van der Waals surface area contributed by atoms with Crippen molar-refractivity contribution in [2.75, 3.05) is 13.2 Å². The predicted molar refractivity (Wildman–Crippen MR) is 127 cm³/mol. The molecule has 2 aromatic rings. The van der Waals surface area contributed by atoms with Gasteiger partial charge in [0.05, 0.1) is 6.20 Å². The first kappa shape index (κ1) is 32.5. The molecule has 0 saturated carbocycles. The van der Waals surface area contributed by atoms with E-state index in [1.165, 1.54) is 29.1 Å². The van der Waals surface area contributed by atoms with Crippen LogP contribution in [0.4, 0.5) is 0 Å². The lowest BCUT2D eigenvalue weighted by atomic mass is 10.1. The number of carbonyl (C=O) groups excluding carboxylic acids is 2. The summed E-state index contributed by atoms with van der Waals surface area (Å²) >= 11 is 0. The van der Waals surface area contributed by atoms with Crippen LogP contribution in [0.5, 0.6) is 0 Å². The van der Waals surface area contributed by atoms with Gasteiger partial charge in [-0.05, 0) is 6.07 Å². The first-order chi connectivity index (χ1) is 19.6. The van der Waals surface area contributed by atoms with Crippen LogP contribution in [0, 0.1) is 0 Å². The van der Waals surface area contributed by atoms with Crippen LogP contribution in [-0.4, -0.2) is 107 Å². The van der Waals surface area contributed by atoms with Crippen LogP contribution in [0.15, 0.2) is 30.7 Å². The second-order valence-corrected chi connectivity index (χ2v) is 12.1. The molecular weight excluding hydrogens is 614 g/mol. The van der Waals surface area contributed by atoms with Gasteiger partial charge in [0.15, 0.2) is 30.4 Å². The van der Waals surface area contributed by atoms with E-state index in [1.54, 1.807) is 0 Å². The predicted octanol–water partition coefficient (Wildman–Crippen LogP) is -6.19. The van der Waals surface area contributed by atoms with Crippen molar-refractivity contribution in [3.63, 3.8) is 0 Å². The van der Waals surface area contributed by atoms with Crippen molar-refractivity contribution in [2.24, 2.45) is 11.5 Å². The number of hydrogen-bond acceptors (Lipinski definition) is 17. The molecule has 2 amide bonds. The summed E-state index contributed by atoms with van der Waals surface area (Å²) < 4.78 is 26.3. The molecule has 21 nitrogen and oxygen atoms in total. The number of hydrogen-bond donors (Lipinski definition) is 8. The highest BCUT2D eigenvalue weighted by Gasteiger charge is 2.53. The summed E-state index contributed by atoms with van der Waals surface area (Å²) in [6.45, 7) is -1.86. The number of aromatic nitrogens is 4. The molecule has 42 heavy (non-hydrogen) atoms. The smallest absolute Gasteiger partial charge is 0.434 e. The maximum absolute atomic E-state index is 12.3. The second kappa shape index (κ2) is 12.7. The molecule has 0 spiro atoms. The van der Waals surface area contributed by atoms with Crippen LogP contribution < -0.4 is 25.8 Å². The van der Waals surface area contributed by atoms with E-state index < -0.39 is 90.4 Å². The average Bonchev–Trinajstić information content (AvgIpc) is 3.59. The van der Waals surface area contributed by atoms with E-state index in [0.29, 0.717) is 0 Å². The third-order valence-corrected chi connectivity index (χ3v) is 8.71. The summed E-state index contributed by atoms with van der Waals surface area (Å²) in [4.78, 5) is 67.1. The first-order valence-electron chi connectivity index (χ1n) is 11.8. The Balaban J connectivity index is 1.30. The highest BCUT2D eigenvalue weighted by molar-refractivity contribution is 7.66. The summed E-state index contributed by atoms with van der Waals surface area (Å²) in [5.74, 6) is -1.70. The Labute approximate surface area is 236 Å². The minimum absolute atomic E-state index is 0.0608. The van der Waals surface area contributed by atoms with Crippen LogP contribution in [0.25, 0.3) is 0 Å². The Morgan fingerprint density at radius 3 is 2.14 bits per heavy atom. The molecule has 2 aliphatic heterocycles. The SMILES string of the molecule is NC(=O)c1ccc[n+]([C@@H]2O[C@H](CO[P+]([O-])(O)O[P+]([O-])(O)OC[C@@H]3O[C@H](n4cc(C(N)=O)nn4)[C@@H](O)[C@H]3O)[C@@H](O)[C@H]2O)c1. The molecular formula is C19H27N6O15P2+. The number of rotatable bonds is 12. The van der Waals surface area contributed by atoms with Crippen molar-refractivity contribution in [3.8, 4) is 0 Å². The lowest BCUT2D eigenvalue weighted by Gasteiger charge is -2.25.